The molecule has 0 bridgehead atoms. The number of urea groups is 1. The average Bonchev–Trinajstić information content (AvgIpc) is 2.43. The van der Waals surface area contributed by atoms with Gasteiger partial charge in [-0.2, -0.15) is 10.5 Å². The van der Waals surface area contributed by atoms with Crippen LogP contribution >= 0.6 is 0 Å². The van der Waals surface area contributed by atoms with Crippen molar-refractivity contribution in [2.24, 2.45) is 11.7 Å². The van der Waals surface area contributed by atoms with E-state index in [4.69, 9.17) is 15.0 Å². The van der Waals surface area contributed by atoms with Gasteiger partial charge >= 0.3 is 17.7 Å². The number of hydrogen-bond donors (Lipinski definition) is 3. The van der Waals surface area contributed by atoms with E-state index in [2.05, 4.69) is 23.8 Å². The number of aryl methyl sites for hydroxylation is 1. The third kappa shape index (κ3) is 4.31. The highest BCUT2D eigenvalue weighted by atomic mass is 16.7. The lowest BCUT2D eigenvalue weighted by Gasteiger charge is -2.07. The average molecular weight is 322 g/mol. The first-order valence-electron chi connectivity index (χ1n) is 7.16. The summed E-state index contributed by atoms with van der Waals surface area (Å²) in [5.74, 6) is 0.526. The molecule has 0 aliphatic carbocycles. The highest BCUT2D eigenvalue weighted by Gasteiger charge is 2.14. The van der Waals surface area contributed by atoms with Crippen molar-refractivity contribution in [1.29, 1.82) is 0 Å². The first-order chi connectivity index (χ1) is 10.9. The van der Waals surface area contributed by atoms with Gasteiger partial charge in [0.05, 0.1) is 0 Å². The summed E-state index contributed by atoms with van der Waals surface area (Å²) in [6.07, 6.45) is 2.36. The second-order valence-electron chi connectivity index (χ2n) is 5.50. The monoisotopic (exact) mass is 322 g/mol. The predicted molar refractivity (Wildman–Crippen MR) is 82.0 cm³/mol. The van der Waals surface area contributed by atoms with E-state index in [0.29, 0.717) is 17.9 Å². The van der Waals surface area contributed by atoms with Crippen LogP contribution in [0.2, 0.25) is 0 Å². The number of carbonyl (C=O) groups is 1. The summed E-state index contributed by atoms with van der Waals surface area (Å²) in [6, 6.07) is 0.00214. The number of nitrogens with zero attached hydrogens (tertiary/aromatic N) is 1. The van der Waals surface area contributed by atoms with Gasteiger partial charge in [-0.1, -0.05) is 20.3 Å². The number of nitrogens with two attached hydrogens (primary N) is 1. The largest absolute Gasteiger partial charge is 0.403 e. The number of rotatable bonds is 6. The Balaban J connectivity index is 2.39. The van der Waals surface area contributed by atoms with Crippen molar-refractivity contribution in [2.45, 2.75) is 33.1 Å². The smallest absolute Gasteiger partial charge is 0.345 e. The number of hydroxylamine groups is 1. The van der Waals surface area contributed by atoms with Gasteiger partial charge < -0.3 is 15.0 Å². The number of aromatic amines is 1. The molecule has 2 heterocycles. The summed E-state index contributed by atoms with van der Waals surface area (Å²) < 4.78 is 4.95. The molecule has 2 rings (SSSR count). The lowest BCUT2D eigenvalue weighted by atomic mass is 10.0. The van der Waals surface area contributed by atoms with Crippen molar-refractivity contribution >= 4 is 17.1 Å². The zero-order valence-corrected chi connectivity index (χ0v) is 12.8. The van der Waals surface area contributed by atoms with Crippen LogP contribution in [0.25, 0.3) is 11.1 Å². The molecule has 9 nitrogen and oxygen atoms in total. The molecule has 0 unspecified atom stereocenters. The number of hydrogen-bond acceptors (Lipinski definition) is 6. The molecule has 23 heavy (non-hydrogen) atoms. The highest BCUT2D eigenvalue weighted by molar-refractivity contribution is 5.76. The minimum atomic E-state index is -0.961. The second-order valence-corrected chi connectivity index (χ2v) is 5.50. The molecule has 2 amide bonds. The van der Waals surface area contributed by atoms with Crippen molar-refractivity contribution in [3.63, 3.8) is 0 Å². The summed E-state index contributed by atoms with van der Waals surface area (Å²) in [6.45, 7) is 4.20. The standard InChI is InChI=1S/C14H18N4O5/c1-7(2)4-3-5-8-6-9(19)22-12-10(8)11(20)16-14(17-12)23-18-13(15)21/h6-7H,3-5H2,1-2H3,(H3,15,18,21)(H,16,17,20). The molecule has 0 radical (unpaired) electrons. The van der Waals surface area contributed by atoms with Gasteiger partial charge in [0.1, 0.15) is 5.39 Å². The number of fused-ring (bicyclic) bond motifs is 1. The first kappa shape index (κ1) is 16.5. The maximum atomic E-state index is 12.2. The lowest BCUT2D eigenvalue weighted by molar-refractivity contribution is 0.175. The Labute approximate surface area is 130 Å². The SMILES string of the molecule is CC(C)CCCc1cc(=O)oc2nc(ONC(N)=O)[nH]c(=O)c12. The van der Waals surface area contributed by atoms with Gasteiger partial charge in [-0.05, 0) is 24.3 Å². The molecule has 0 atom stereocenters. The molecule has 0 saturated heterocycles. The van der Waals surface area contributed by atoms with Crippen LogP contribution in [0.4, 0.5) is 4.79 Å². The molecular weight excluding hydrogens is 304 g/mol. The Morgan fingerprint density at radius 3 is 2.87 bits per heavy atom. The van der Waals surface area contributed by atoms with Crippen molar-refractivity contribution in [3.8, 4) is 6.01 Å². The van der Waals surface area contributed by atoms with Crippen molar-refractivity contribution < 1.29 is 14.0 Å². The number of H-pyrrole nitrogens is 1. The molecule has 0 aromatic carbocycles. The molecule has 4 N–H and O–H groups in total. The Morgan fingerprint density at radius 2 is 2.22 bits per heavy atom. The van der Waals surface area contributed by atoms with Crippen LogP contribution in [0.5, 0.6) is 6.01 Å². The second kappa shape index (κ2) is 6.95. The van der Waals surface area contributed by atoms with Crippen LogP contribution in [0.1, 0.15) is 32.3 Å². The number of aromatic nitrogens is 2. The van der Waals surface area contributed by atoms with E-state index >= 15 is 0 Å². The van der Waals surface area contributed by atoms with Crippen LogP contribution in [0, 0.1) is 5.92 Å². The fourth-order valence-corrected chi connectivity index (χ4v) is 2.17. The fourth-order valence-electron chi connectivity index (χ4n) is 2.17. The summed E-state index contributed by atoms with van der Waals surface area (Å²) in [4.78, 5) is 45.3. The Morgan fingerprint density at radius 1 is 1.48 bits per heavy atom. The zero-order chi connectivity index (χ0) is 17.0. The number of carbonyl (C=O) groups excluding carboxylic acids is 1. The number of primary amides is 1. The van der Waals surface area contributed by atoms with E-state index in [1.807, 2.05) is 5.48 Å². The summed E-state index contributed by atoms with van der Waals surface area (Å²) in [5, 5.41) is 0.194. The van der Waals surface area contributed by atoms with E-state index in [-0.39, 0.29) is 17.1 Å². The Bertz CT molecular complexity index is 824. The molecule has 0 aliphatic rings. The molecule has 0 spiro atoms. The summed E-state index contributed by atoms with van der Waals surface area (Å²) >= 11 is 0. The molecular formula is C14H18N4O5. The van der Waals surface area contributed by atoms with Gasteiger partial charge in [0.25, 0.3) is 5.56 Å². The van der Waals surface area contributed by atoms with Gasteiger partial charge in [-0.15, -0.1) is 0 Å². The van der Waals surface area contributed by atoms with Crippen molar-refractivity contribution in [3.05, 3.63) is 32.4 Å². The minimum Gasteiger partial charge on any atom is -0.403 e. The molecule has 0 fully saturated rings. The summed E-state index contributed by atoms with van der Waals surface area (Å²) in [7, 11) is 0. The molecule has 124 valence electrons. The van der Waals surface area contributed by atoms with E-state index < -0.39 is 17.2 Å². The van der Waals surface area contributed by atoms with E-state index in [0.717, 1.165) is 12.8 Å². The Hall–Kier alpha value is -2.84. The van der Waals surface area contributed by atoms with E-state index in [1.165, 1.54) is 6.07 Å². The third-order valence-corrected chi connectivity index (χ3v) is 3.15. The van der Waals surface area contributed by atoms with Gasteiger partial charge in [0, 0.05) is 6.07 Å². The highest BCUT2D eigenvalue weighted by Crippen LogP contribution is 2.16. The predicted octanol–water partition coefficient (Wildman–Crippen LogP) is 0.817. The fraction of sp³-hybridized carbons (Fsp3) is 0.429. The molecule has 9 heteroatoms. The normalized spacial score (nSPS) is 10.9. The topological polar surface area (TPSA) is 140 Å². The van der Waals surface area contributed by atoms with Gasteiger partial charge in [0.2, 0.25) is 5.71 Å². The Kier molecular flexibility index (Phi) is 4.99. The minimum absolute atomic E-state index is 0.151. The van der Waals surface area contributed by atoms with Crippen molar-refractivity contribution in [1.82, 2.24) is 15.4 Å². The van der Waals surface area contributed by atoms with Crippen LogP contribution in [-0.4, -0.2) is 16.0 Å². The van der Waals surface area contributed by atoms with Gasteiger partial charge in [-0.25, -0.2) is 9.59 Å². The zero-order valence-electron chi connectivity index (χ0n) is 12.8. The van der Waals surface area contributed by atoms with E-state index in [1.54, 1.807) is 0 Å². The summed E-state index contributed by atoms with van der Waals surface area (Å²) in [5.41, 5.74) is 5.95. The van der Waals surface area contributed by atoms with E-state index in [9.17, 15) is 14.4 Å². The van der Waals surface area contributed by atoms with Crippen LogP contribution in [-0.2, 0) is 6.42 Å². The molecule has 2 aromatic heterocycles. The molecule has 2 aromatic rings. The maximum absolute atomic E-state index is 12.2. The quantitative estimate of drug-likeness (QED) is 0.672. The molecule has 0 aliphatic heterocycles. The van der Waals surface area contributed by atoms with Crippen LogP contribution < -0.4 is 27.2 Å². The third-order valence-electron chi connectivity index (χ3n) is 3.15. The molecule has 0 saturated carbocycles. The number of nitrogens with one attached hydrogen (secondary N) is 2. The van der Waals surface area contributed by atoms with Crippen LogP contribution in [0.3, 0.4) is 0 Å². The maximum Gasteiger partial charge on any atom is 0.345 e. The van der Waals surface area contributed by atoms with Crippen LogP contribution in [0.15, 0.2) is 20.1 Å². The van der Waals surface area contributed by atoms with Gasteiger partial charge in [0.15, 0.2) is 0 Å². The number of amides is 2. The lowest BCUT2D eigenvalue weighted by Crippen LogP contribution is -2.33. The first-order valence-corrected chi connectivity index (χ1v) is 7.16. The van der Waals surface area contributed by atoms with Gasteiger partial charge in [-0.3, -0.25) is 9.78 Å². The van der Waals surface area contributed by atoms with Crippen molar-refractivity contribution in [2.75, 3.05) is 0 Å².